The summed E-state index contributed by atoms with van der Waals surface area (Å²) in [4.78, 5) is 4.98. The Labute approximate surface area is 69.5 Å². The van der Waals surface area contributed by atoms with Gasteiger partial charge in [-0.3, -0.25) is 4.40 Å². The Morgan fingerprint density at radius 3 is 2.91 bits per heavy atom. The van der Waals surface area contributed by atoms with E-state index in [4.69, 9.17) is 5.73 Å². The van der Waals surface area contributed by atoms with E-state index in [2.05, 4.69) is 4.98 Å². The lowest BCUT2D eigenvalue weighted by molar-refractivity contribution is 1.23. The van der Waals surface area contributed by atoms with Gasteiger partial charge in [-0.25, -0.2) is 4.98 Å². The molecule has 0 aliphatic carbocycles. The van der Waals surface area contributed by atoms with E-state index in [-0.39, 0.29) is 0 Å². The third-order valence-corrected chi connectivity index (χ3v) is 1.88. The number of aromatic nitrogens is 2. The Morgan fingerprint density at radius 2 is 2.27 bits per heavy atom. The third-order valence-electron chi connectivity index (χ3n) is 1.11. The van der Waals surface area contributed by atoms with Crippen LogP contribution >= 0.6 is 11.3 Å². The van der Waals surface area contributed by atoms with E-state index < -0.39 is 0 Å². The molecule has 0 saturated heterocycles. The lowest BCUT2D eigenvalue weighted by Crippen LogP contribution is -1.80. The van der Waals surface area contributed by atoms with E-state index in [0.29, 0.717) is 5.82 Å². The summed E-state index contributed by atoms with van der Waals surface area (Å²) in [5.74, 6) is 0.585. The summed E-state index contributed by atoms with van der Waals surface area (Å²) in [7, 11) is 0. The van der Waals surface area contributed by atoms with E-state index in [0.717, 1.165) is 4.96 Å². The van der Waals surface area contributed by atoms with Crippen LogP contribution in [0.3, 0.4) is 0 Å². The van der Waals surface area contributed by atoms with Crippen LogP contribution in [-0.2, 0) is 0 Å². The van der Waals surface area contributed by atoms with Gasteiger partial charge in [0.1, 0.15) is 5.82 Å². The second kappa shape index (κ2) is 3.39. The molecule has 0 saturated carbocycles. The topological polar surface area (TPSA) is 43.3 Å². The molecule has 11 heavy (non-hydrogen) atoms. The molecule has 3 nitrogen and oxygen atoms in total. The minimum Gasteiger partial charge on any atom is -0.382 e. The summed E-state index contributed by atoms with van der Waals surface area (Å²) in [6.07, 6.45) is 3.73. The summed E-state index contributed by atoms with van der Waals surface area (Å²) in [5.41, 5.74) is 5.41. The number of imidazole rings is 1. The molecule has 0 spiro atoms. The van der Waals surface area contributed by atoms with Gasteiger partial charge in [-0.05, 0) is 0 Å². The highest BCUT2D eigenvalue weighted by Gasteiger charge is 1.95. The Balaban J connectivity index is 0.000000281. The Hall–Kier alpha value is -1.03. The van der Waals surface area contributed by atoms with Crippen molar-refractivity contribution in [2.75, 3.05) is 5.73 Å². The van der Waals surface area contributed by atoms with Crippen LogP contribution in [0.15, 0.2) is 17.8 Å². The number of nitrogens with two attached hydrogens (primary N) is 1. The van der Waals surface area contributed by atoms with Crippen molar-refractivity contribution in [2.24, 2.45) is 0 Å². The van der Waals surface area contributed by atoms with Crippen LogP contribution in [0.25, 0.3) is 4.96 Å². The molecular formula is C7H11N3S. The van der Waals surface area contributed by atoms with E-state index in [1.807, 2.05) is 29.8 Å². The number of hydrogen-bond acceptors (Lipinski definition) is 3. The van der Waals surface area contributed by atoms with E-state index in [9.17, 15) is 0 Å². The Kier molecular flexibility index (Phi) is 2.48. The molecule has 2 rings (SSSR count). The second-order valence-corrected chi connectivity index (χ2v) is 2.63. The highest BCUT2D eigenvalue weighted by atomic mass is 32.1. The Morgan fingerprint density at radius 1 is 1.55 bits per heavy atom. The number of thiazole rings is 1. The fourth-order valence-electron chi connectivity index (χ4n) is 0.746. The standard InChI is InChI=1S/C5H5N3S.C2H6/c6-4-3-8-1-2-9-5(8)7-4;1-2/h1-3H,6H2;1-2H3. The molecule has 2 heterocycles. The first-order chi connectivity index (χ1) is 5.36. The number of hydrogen-bond donors (Lipinski definition) is 1. The van der Waals surface area contributed by atoms with Gasteiger partial charge < -0.3 is 5.73 Å². The normalized spacial score (nSPS) is 9.27. The number of anilines is 1. The average Bonchev–Trinajstić information content (AvgIpc) is 2.51. The van der Waals surface area contributed by atoms with Crippen LogP contribution < -0.4 is 5.73 Å². The van der Waals surface area contributed by atoms with Gasteiger partial charge in [0.2, 0.25) is 0 Å². The van der Waals surface area contributed by atoms with Crippen LogP contribution in [0.5, 0.6) is 0 Å². The van der Waals surface area contributed by atoms with Crippen molar-refractivity contribution in [1.82, 2.24) is 9.38 Å². The molecular weight excluding hydrogens is 158 g/mol. The van der Waals surface area contributed by atoms with Crippen LogP contribution in [0.2, 0.25) is 0 Å². The van der Waals surface area contributed by atoms with Crippen LogP contribution in [0, 0.1) is 0 Å². The SMILES string of the molecule is CC.Nc1cn2ccsc2n1. The molecule has 0 bridgehead atoms. The van der Waals surface area contributed by atoms with Crippen molar-refractivity contribution in [3.8, 4) is 0 Å². The van der Waals surface area contributed by atoms with Gasteiger partial charge in [0.05, 0.1) is 6.20 Å². The summed E-state index contributed by atoms with van der Waals surface area (Å²) < 4.78 is 1.90. The van der Waals surface area contributed by atoms with E-state index >= 15 is 0 Å². The molecule has 0 aromatic carbocycles. The first-order valence-corrected chi connectivity index (χ1v) is 4.42. The van der Waals surface area contributed by atoms with Gasteiger partial charge in [0.25, 0.3) is 0 Å². The quantitative estimate of drug-likeness (QED) is 0.655. The lowest BCUT2D eigenvalue weighted by Gasteiger charge is -1.72. The maximum absolute atomic E-state index is 5.41. The predicted molar refractivity (Wildman–Crippen MR) is 48.8 cm³/mol. The number of nitrogen functional groups attached to an aromatic ring is 1. The molecule has 0 radical (unpaired) electrons. The molecule has 0 atom stereocenters. The summed E-state index contributed by atoms with van der Waals surface area (Å²) in [6, 6.07) is 0. The van der Waals surface area contributed by atoms with Crippen molar-refractivity contribution in [3.05, 3.63) is 17.8 Å². The summed E-state index contributed by atoms with van der Waals surface area (Å²) in [5, 5.41) is 1.97. The minimum atomic E-state index is 0.585. The zero-order valence-corrected chi connectivity index (χ0v) is 7.43. The van der Waals surface area contributed by atoms with Crippen molar-refractivity contribution >= 4 is 22.1 Å². The highest BCUT2D eigenvalue weighted by Crippen LogP contribution is 2.11. The van der Waals surface area contributed by atoms with Crippen molar-refractivity contribution in [3.63, 3.8) is 0 Å². The molecule has 4 heteroatoms. The molecule has 0 amide bonds. The number of fused-ring (bicyclic) bond motifs is 1. The predicted octanol–water partition coefficient (Wildman–Crippen LogP) is 2.00. The van der Waals surface area contributed by atoms with Crippen molar-refractivity contribution < 1.29 is 0 Å². The first kappa shape index (κ1) is 8.07. The molecule has 2 aromatic heterocycles. The first-order valence-electron chi connectivity index (χ1n) is 3.54. The fraction of sp³-hybridized carbons (Fsp3) is 0.286. The summed E-state index contributed by atoms with van der Waals surface area (Å²) in [6.45, 7) is 4.00. The molecule has 0 fully saturated rings. The molecule has 0 aliphatic rings. The number of nitrogens with zero attached hydrogens (tertiary/aromatic N) is 2. The lowest BCUT2D eigenvalue weighted by atomic mass is 10.8. The third kappa shape index (κ3) is 1.51. The van der Waals surface area contributed by atoms with Gasteiger partial charge >= 0.3 is 0 Å². The average molecular weight is 169 g/mol. The maximum atomic E-state index is 5.41. The van der Waals surface area contributed by atoms with E-state index in [1.54, 1.807) is 17.5 Å². The largest absolute Gasteiger partial charge is 0.382 e. The van der Waals surface area contributed by atoms with Gasteiger partial charge in [-0.15, -0.1) is 11.3 Å². The van der Waals surface area contributed by atoms with Crippen LogP contribution in [0.1, 0.15) is 13.8 Å². The fourth-order valence-corrected chi connectivity index (χ4v) is 1.45. The molecule has 60 valence electrons. The molecule has 2 N–H and O–H groups in total. The van der Waals surface area contributed by atoms with Gasteiger partial charge in [-0.2, -0.15) is 0 Å². The molecule has 0 aliphatic heterocycles. The maximum Gasteiger partial charge on any atom is 0.195 e. The van der Waals surface area contributed by atoms with Crippen LogP contribution in [-0.4, -0.2) is 9.38 Å². The van der Waals surface area contributed by atoms with E-state index in [1.165, 1.54) is 0 Å². The van der Waals surface area contributed by atoms with Crippen molar-refractivity contribution in [1.29, 1.82) is 0 Å². The van der Waals surface area contributed by atoms with Gasteiger partial charge in [-0.1, -0.05) is 13.8 Å². The highest BCUT2D eigenvalue weighted by molar-refractivity contribution is 7.15. The zero-order valence-electron chi connectivity index (χ0n) is 6.61. The molecule has 0 unspecified atom stereocenters. The van der Waals surface area contributed by atoms with Crippen molar-refractivity contribution in [2.45, 2.75) is 13.8 Å². The second-order valence-electron chi connectivity index (χ2n) is 1.76. The number of rotatable bonds is 0. The molecule has 2 aromatic rings. The van der Waals surface area contributed by atoms with Gasteiger partial charge in [0, 0.05) is 11.6 Å². The minimum absolute atomic E-state index is 0.585. The zero-order chi connectivity index (χ0) is 8.27. The summed E-state index contributed by atoms with van der Waals surface area (Å²) >= 11 is 1.58. The van der Waals surface area contributed by atoms with Crippen LogP contribution in [0.4, 0.5) is 5.82 Å². The smallest absolute Gasteiger partial charge is 0.195 e. The van der Waals surface area contributed by atoms with Gasteiger partial charge in [0.15, 0.2) is 4.96 Å². The Bertz CT molecular complexity index is 294. The monoisotopic (exact) mass is 169 g/mol.